The number of nitrogens with one attached hydrogen (secondary N) is 2. The fraction of sp³-hybridized carbons (Fsp3) is 0.182. The lowest BCUT2D eigenvalue weighted by atomic mass is 9.87. The molecule has 1 amide bonds. The topological polar surface area (TPSA) is 54.0 Å². The number of aromatic nitrogens is 1. The summed E-state index contributed by atoms with van der Waals surface area (Å²) in [4.78, 5) is 16.5. The average Bonchev–Trinajstić information content (AvgIpc) is 2.64. The zero-order valence-corrected chi connectivity index (χ0v) is 15.9. The van der Waals surface area contributed by atoms with Gasteiger partial charge in [0.2, 0.25) is 0 Å². The van der Waals surface area contributed by atoms with Gasteiger partial charge in [0.25, 0.3) is 5.91 Å². The fourth-order valence-corrected chi connectivity index (χ4v) is 2.64. The van der Waals surface area contributed by atoms with E-state index < -0.39 is 11.6 Å². The van der Waals surface area contributed by atoms with E-state index in [1.54, 1.807) is 6.07 Å². The minimum atomic E-state index is -0.728. The molecule has 0 bridgehead atoms. The highest BCUT2D eigenvalue weighted by Gasteiger charge is 2.14. The van der Waals surface area contributed by atoms with Crippen LogP contribution in [0.1, 0.15) is 36.7 Å². The molecule has 0 fully saturated rings. The van der Waals surface area contributed by atoms with Crippen molar-refractivity contribution < 1.29 is 13.6 Å². The molecule has 0 aliphatic carbocycles. The van der Waals surface area contributed by atoms with Gasteiger partial charge in [-0.3, -0.25) is 9.78 Å². The van der Waals surface area contributed by atoms with Crippen molar-refractivity contribution in [3.05, 3.63) is 83.7 Å². The molecule has 6 heteroatoms. The van der Waals surface area contributed by atoms with E-state index in [-0.39, 0.29) is 17.0 Å². The Morgan fingerprint density at radius 3 is 2.29 bits per heavy atom. The molecule has 0 aliphatic rings. The number of rotatable bonds is 4. The van der Waals surface area contributed by atoms with Gasteiger partial charge in [-0.05, 0) is 41.3 Å². The molecule has 0 atom stereocenters. The van der Waals surface area contributed by atoms with Crippen LogP contribution in [0.2, 0.25) is 0 Å². The van der Waals surface area contributed by atoms with Crippen LogP contribution in [-0.4, -0.2) is 10.9 Å². The van der Waals surface area contributed by atoms with Crippen LogP contribution in [0.25, 0.3) is 0 Å². The summed E-state index contributed by atoms with van der Waals surface area (Å²) in [7, 11) is 0. The van der Waals surface area contributed by atoms with Crippen molar-refractivity contribution in [2.75, 3.05) is 10.6 Å². The highest BCUT2D eigenvalue weighted by molar-refractivity contribution is 6.04. The van der Waals surface area contributed by atoms with Gasteiger partial charge in [-0.15, -0.1) is 0 Å². The summed E-state index contributed by atoms with van der Waals surface area (Å²) < 4.78 is 26.8. The number of carbonyl (C=O) groups excluding carboxylic acids is 1. The summed E-state index contributed by atoms with van der Waals surface area (Å²) in [6, 6.07) is 12.4. The number of hydrogen-bond donors (Lipinski definition) is 2. The second-order valence-corrected chi connectivity index (χ2v) is 7.49. The van der Waals surface area contributed by atoms with Gasteiger partial charge in [0.1, 0.15) is 11.6 Å². The number of carbonyl (C=O) groups is 1. The number of hydrogen-bond acceptors (Lipinski definition) is 3. The highest BCUT2D eigenvalue weighted by atomic mass is 19.1. The molecule has 3 aromatic rings. The number of halogens is 2. The van der Waals surface area contributed by atoms with Gasteiger partial charge in [-0.1, -0.05) is 32.9 Å². The standard InChI is InChI=1S/C22H21F2N3O/c1-22(2,3)15-4-7-17(8-5-15)27-21(28)14-10-18(13-25-12-14)26-20-9-6-16(23)11-19(20)24/h4-13,26H,1-3H3,(H,27,28). The molecular formula is C22H21F2N3O. The smallest absolute Gasteiger partial charge is 0.257 e. The SMILES string of the molecule is CC(C)(C)c1ccc(NC(=O)c2cncc(Nc3ccc(F)cc3F)c2)cc1. The molecule has 2 N–H and O–H groups in total. The van der Waals surface area contributed by atoms with Crippen molar-refractivity contribution in [1.82, 2.24) is 4.98 Å². The van der Waals surface area contributed by atoms with Crippen LogP contribution in [0.4, 0.5) is 25.8 Å². The lowest BCUT2D eigenvalue weighted by molar-refractivity contribution is 0.102. The predicted molar refractivity (Wildman–Crippen MR) is 107 cm³/mol. The summed E-state index contributed by atoms with van der Waals surface area (Å²) in [5, 5.41) is 5.61. The molecule has 1 aromatic heterocycles. The maximum Gasteiger partial charge on any atom is 0.257 e. The largest absolute Gasteiger partial charge is 0.352 e. The van der Waals surface area contributed by atoms with Crippen LogP contribution >= 0.6 is 0 Å². The predicted octanol–water partition coefficient (Wildman–Crippen LogP) is 5.65. The van der Waals surface area contributed by atoms with Crippen molar-refractivity contribution in [1.29, 1.82) is 0 Å². The molecule has 3 rings (SSSR count). The first-order chi connectivity index (χ1) is 13.2. The quantitative estimate of drug-likeness (QED) is 0.614. The van der Waals surface area contributed by atoms with Crippen LogP contribution in [0.5, 0.6) is 0 Å². The van der Waals surface area contributed by atoms with Gasteiger partial charge in [-0.2, -0.15) is 0 Å². The first kappa shape index (κ1) is 19.5. The van der Waals surface area contributed by atoms with E-state index in [1.807, 2.05) is 24.3 Å². The third-order valence-electron chi connectivity index (χ3n) is 4.22. The van der Waals surface area contributed by atoms with Gasteiger partial charge in [0.15, 0.2) is 0 Å². The summed E-state index contributed by atoms with van der Waals surface area (Å²) in [6.45, 7) is 6.36. The summed E-state index contributed by atoms with van der Waals surface area (Å²) in [5.74, 6) is -1.72. The van der Waals surface area contributed by atoms with Crippen molar-refractivity contribution in [3.8, 4) is 0 Å². The van der Waals surface area contributed by atoms with Gasteiger partial charge in [-0.25, -0.2) is 8.78 Å². The van der Waals surface area contributed by atoms with Gasteiger partial charge in [0, 0.05) is 18.0 Å². The van der Waals surface area contributed by atoms with E-state index in [0.717, 1.165) is 12.1 Å². The molecule has 0 spiro atoms. The first-order valence-corrected chi connectivity index (χ1v) is 8.81. The Hall–Kier alpha value is -3.28. The maximum atomic E-state index is 13.8. The zero-order valence-electron chi connectivity index (χ0n) is 15.9. The van der Waals surface area contributed by atoms with Crippen molar-refractivity contribution in [2.45, 2.75) is 26.2 Å². The van der Waals surface area contributed by atoms with Crippen molar-refractivity contribution >= 4 is 23.0 Å². The summed E-state index contributed by atoms with van der Waals surface area (Å²) >= 11 is 0. The van der Waals surface area contributed by atoms with Crippen LogP contribution < -0.4 is 10.6 Å². The molecule has 0 saturated heterocycles. The molecule has 28 heavy (non-hydrogen) atoms. The van der Waals surface area contributed by atoms with Crippen LogP contribution in [0, 0.1) is 11.6 Å². The lowest BCUT2D eigenvalue weighted by Gasteiger charge is -2.19. The molecule has 0 unspecified atom stereocenters. The zero-order chi connectivity index (χ0) is 20.3. The minimum absolute atomic E-state index is 0.0298. The monoisotopic (exact) mass is 381 g/mol. The van der Waals surface area contributed by atoms with Crippen molar-refractivity contribution in [3.63, 3.8) is 0 Å². The third-order valence-corrected chi connectivity index (χ3v) is 4.22. The maximum absolute atomic E-state index is 13.8. The fourth-order valence-electron chi connectivity index (χ4n) is 2.64. The summed E-state index contributed by atoms with van der Waals surface area (Å²) in [5.41, 5.74) is 2.69. The Bertz CT molecular complexity index is 995. The second kappa shape index (κ2) is 7.76. The second-order valence-electron chi connectivity index (χ2n) is 7.49. The number of nitrogens with zero attached hydrogens (tertiary/aromatic N) is 1. The number of amides is 1. The Morgan fingerprint density at radius 1 is 0.929 bits per heavy atom. The molecule has 2 aromatic carbocycles. The normalized spacial score (nSPS) is 11.2. The molecule has 144 valence electrons. The Kier molecular flexibility index (Phi) is 5.40. The minimum Gasteiger partial charge on any atom is -0.352 e. The summed E-state index contributed by atoms with van der Waals surface area (Å²) in [6.07, 6.45) is 2.88. The highest BCUT2D eigenvalue weighted by Crippen LogP contribution is 2.24. The van der Waals surface area contributed by atoms with E-state index in [0.29, 0.717) is 16.9 Å². The lowest BCUT2D eigenvalue weighted by Crippen LogP contribution is -2.14. The van der Waals surface area contributed by atoms with E-state index in [4.69, 9.17) is 0 Å². The number of benzene rings is 2. The molecule has 4 nitrogen and oxygen atoms in total. The molecule has 0 saturated carbocycles. The molecular weight excluding hydrogens is 360 g/mol. The van der Waals surface area contributed by atoms with Crippen LogP contribution in [0.3, 0.4) is 0 Å². The van der Waals surface area contributed by atoms with Gasteiger partial charge >= 0.3 is 0 Å². The van der Waals surface area contributed by atoms with Crippen LogP contribution in [0.15, 0.2) is 60.9 Å². The first-order valence-electron chi connectivity index (χ1n) is 8.81. The van der Waals surface area contributed by atoms with Gasteiger partial charge in [0.05, 0.1) is 23.1 Å². The van der Waals surface area contributed by atoms with Crippen molar-refractivity contribution in [2.24, 2.45) is 0 Å². The van der Waals surface area contributed by atoms with E-state index >= 15 is 0 Å². The third kappa shape index (κ3) is 4.71. The Morgan fingerprint density at radius 2 is 1.64 bits per heavy atom. The van der Waals surface area contributed by atoms with E-state index in [1.165, 1.54) is 24.0 Å². The number of pyridine rings is 1. The molecule has 0 aliphatic heterocycles. The Balaban J connectivity index is 1.73. The Labute approximate surface area is 162 Å². The van der Waals surface area contributed by atoms with Gasteiger partial charge < -0.3 is 10.6 Å². The van der Waals surface area contributed by atoms with E-state index in [9.17, 15) is 13.6 Å². The average molecular weight is 381 g/mol. The molecule has 1 heterocycles. The molecule has 0 radical (unpaired) electrons. The number of anilines is 3. The van der Waals surface area contributed by atoms with Crippen LogP contribution in [-0.2, 0) is 5.41 Å². The van der Waals surface area contributed by atoms with E-state index in [2.05, 4.69) is 36.4 Å².